The number of nitrogens with two attached hydrogens (primary N) is 1. The Hall–Kier alpha value is -0.590. The summed E-state index contributed by atoms with van der Waals surface area (Å²) < 4.78 is 0. The Morgan fingerprint density at radius 2 is 1.95 bits per heavy atom. The molecule has 3 heteroatoms. The molecule has 1 aliphatic carbocycles. The topological polar surface area (TPSA) is 53.0 Å². The van der Waals surface area contributed by atoms with Crippen molar-refractivity contribution >= 4 is 0 Å². The van der Waals surface area contributed by atoms with Gasteiger partial charge in [-0.3, -0.25) is 0 Å². The molecular weight excluding hydrogens is 246 g/mol. The summed E-state index contributed by atoms with van der Waals surface area (Å²) in [6.07, 6.45) is 8.69. The zero-order valence-corrected chi connectivity index (χ0v) is 13.7. The molecule has 0 bridgehead atoms. The normalized spacial score (nSPS) is 23.8. The fraction of sp³-hybridized carbons (Fsp3) is 0.941. The molecule has 0 heterocycles. The van der Waals surface area contributed by atoms with E-state index < -0.39 is 0 Å². The highest BCUT2D eigenvalue weighted by Crippen LogP contribution is 2.28. The van der Waals surface area contributed by atoms with E-state index in [1.165, 1.54) is 38.6 Å². The number of hydrogen-bond acceptors (Lipinski definition) is 3. The second-order valence-corrected chi connectivity index (χ2v) is 6.93. The Morgan fingerprint density at radius 3 is 2.55 bits per heavy atom. The predicted octanol–water partition coefficient (Wildman–Crippen LogP) is 3.55. The average Bonchev–Trinajstić information content (AvgIpc) is 2.47. The summed E-state index contributed by atoms with van der Waals surface area (Å²) in [5.41, 5.74) is 5.79. The third-order valence-electron chi connectivity index (χ3n) is 4.85. The van der Waals surface area contributed by atoms with Gasteiger partial charge in [-0.1, -0.05) is 26.2 Å². The van der Waals surface area contributed by atoms with Crippen LogP contribution in [0, 0.1) is 22.7 Å². The Bertz CT molecular complexity index is 306. The highest BCUT2D eigenvalue weighted by Gasteiger charge is 2.28. The maximum absolute atomic E-state index is 9.04. The van der Waals surface area contributed by atoms with Gasteiger partial charge in [0.15, 0.2) is 0 Å². The van der Waals surface area contributed by atoms with Crippen molar-refractivity contribution in [2.45, 2.75) is 71.8 Å². The second kappa shape index (κ2) is 8.64. The van der Waals surface area contributed by atoms with Gasteiger partial charge >= 0.3 is 0 Å². The molecule has 1 rings (SSSR count). The van der Waals surface area contributed by atoms with E-state index in [1.807, 2.05) is 13.8 Å². The number of hydrogen-bond donors (Lipinski definition) is 1. The first-order chi connectivity index (χ1) is 9.54. The molecule has 2 atom stereocenters. The quantitative estimate of drug-likeness (QED) is 0.691. The summed E-state index contributed by atoms with van der Waals surface area (Å²) in [4.78, 5) is 2.63. The Labute approximate surface area is 125 Å². The van der Waals surface area contributed by atoms with Crippen LogP contribution in [0.25, 0.3) is 0 Å². The van der Waals surface area contributed by atoms with Gasteiger partial charge < -0.3 is 10.6 Å². The molecule has 0 spiro atoms. The minimum absolute atomic E-state index is 0.165. The molecule has 0 amide bonds. The summed E-state index contributed by atoms with van der Waals surface area (Å²) in [5.74, 6) is 0.694. The molecular formula is C17H33N3. The lowest BCUT2D eigenvalue weighted by atomic mass is 9.83. The van der Waals surface area contributed by atoms with Crippen LogP contribution >= 0.6 is 0 Å². The molecule has 1 saturated carbocycles. The third kappa shape index (κ3) is 5.42. The van der Waals surface area contributed by atoms with Gasteiger partial charge in [-0.25, -0.2) is 0 Å². The van der Waals surface area contributed by atoms with Crippen molar-refractivity contribution in [3.8, 4) is 6.07 Å². The van der Waals surface area contributed by atoms with E-state index in [1.54, 1.807) is 0 Å². The van der Waals surface area contributed by atoms with Gasteiger partial charge in [0.05, 0.1) is 11.5 Å². The Balaban J connectivity index is 2.37. The smallest absolute Gasteiger partial charge is 0.0683 e. The maximum atomic E-state index is 9.04. The van der Waals surface area contributed by atoms with Crippen LogP contribution in [0.5, 0.6) is 0 Å². The minimum Gasteiger partial charge on any atom is -0.330 e. The molecule has 1 fully saturated rings. The lowest BCUT2D eigenvalue weighted by Crippen LogP contribution is -2.45. The van der Waals surface area contributed by atoms with Crippen LogP contribution in [0.3, 0.4) is 0 Å². The van der Waals surface area contributed by atoms with Gasteiger partial charge in [0.2, 0.25) is 0 Å². The molecule has 0 saturated heterocycles. The summed E-state index contributed by atoms with van der Waals surface area (Å²) in [6.45, 7) is 9.47. The van der Waals surface area contributed by atoms with Crippen LogP contribution in [-0.2, 0) is 0 Å². The zero-order valence-electron chi connectivity index (χ0n) is 13.7. The van der Waals surface area contributed by atoms with E-state index in [2.05, 4.69) is 17.9 Å². The van der Waals surface area contributed by atoms with Crippen LogP contribution in [0.2, 0.25) is 0 Å². The van der Waals surface area contributed by atoms with Gasteiger partial charge in [0.25, 0.3) is 0 Å². The van der Waals surface area contributed by atoms with E-state index in [9.17, 15) is 0 Å². The van der Waals surface area contributed by atoms with Crippen LogP contribution in [-0.4, -0.2) is 30.6 Å². The molecule has 0 radical (unpaired) electrons. The SMILES string of the molecule is CCN(CCCCC(C)(C)C#N)C1CCCCC1CN. The molecule has 0 aromatic carbocycles. The van der Waals surface area contributed by atoms with E-state index in [0.29, 0.717) is 12.0 Å². The van der Waals surface area contributed by atoms with Crippen molar-refractivity contribution in [1.82, 2.24) is 4.90 Å². The molecule has 0 aromatic rings. The van der Waals surface area contributed by atoms with E-state index in [0.717, 1.165) is 25.9 Å². The van der Waals surface area contributed by atoms with Gasteiger partial charge in [-0.05, 0) is 65.1 Å². The van der Waals surface area contributed by atoms with E-state index in [-0.39, 0.29) is 5.41 Å². The summed E-state index contributed by atoms with van der Waals surface area (Å²) in [6, 6.07) is 3.09. The molecule has 2 N–H and O–H groups in total. The van der Waals surface area contributed by atoms with Crippen molar-refractivity contribution in [1.29, 1.82) is 5.26 Å². The zero-order chi connectivity index (χ0) is 15.0. The van der Waals surface area contributed by atoms with Crippen molar-refractivity contribution in [2.75, 3.05) is 19.6 Å². The van der Waals surface area contributed by atoms with Crippen molar-refractivity contribution in [3.05, 3.63) is 0 Å². The standard InChI is InChI=1S/C17H33N3/c1-4-20(12-8-7-11-17(2,3)14-19)16-10-6-5-9-15(16)13-18/h15-16H,4-13,18H2,1-3H3. The summed E-state index contributed by atoms with van der Waals surface area (Å²) in [5, 5.41) is 9.04. The van der Waals surface area contributed by atoms with Gasteiger partial charge in [0.1, 0.15) is 0 Å². The number of nitrogens with zero attached hydrogens (tertiary/aromatic N) is 2. The van der Waals surface area contributed by atoms with E-state index >= 15 is 0 Å². The molecule has 116 valence electrons. The van der Waals surface area contributed by atoms with Crippen LogP contribution in [0.4, 0.5) is 0 Å². The highest BCUT2D eigenvalue weighted by molar-refractivity contribution is 4.91. The second-order valence-electron chi connectivity index (χ2n) is 6.93. The van der Waals surface area contributed by atoms with Crippen molar-refractivity contribution in [3.63, 3.8) is 0 Å². The Kier molecular flexibility index (Phi) is 7.55. The average molecular weight is 279 g/mol. The van der Waals surface area contributed by atoms with Crippen LogP contribution < -0.4 is 5.73 Å². The molecule has 0 aromatic heterocycles. The number of rotatable bonds is 8. The lowest BCUT2D eigenvalue weighted by molar-refractivity contribution is 0.109. The fourth-order valence-corrected chi connectivity index (χ4v) is 3.44. The first-order valence-electron chi connectivity index (χ1n) is 8.39. The number of unbranched alkanes of at least 4 members (excludes halogenated alkanes) is 1. The van der Waals surface area contributed by atoms with Crippen molar-refractivity contribution < 1.29 is 0 Å². The predicted molar refractivity (Wildman–Crippen MR) is 85.3 cm³/mol. The largest absolute Gasteiger partial charge is 0.330 e. The van der Waals surface area contributed by atoms with Crippen LogP contribution in [0.1, 0.15) is 65.7 Å². The third-order valence-corrected chi connectivity index (χ3v) is 4.85. The van der Waals surface area contributed by atoms with Crippen molar-refractivity contribution in [2.24, 2.45) is 17.1 Å². The van der Waals surface area contributed by atoms with E-state index in [4.69, 9.17) is 11.0 Å². The van der Waals surface area contributed by atoms with Gasteiger partial charge in [-0.2, -0.15) is 5.26 Å². The first kappa shape index (κ1) is 17.5. The fourth-order valence-electron chi connectivity index (χ4n) is 3.44. The highest BCUT2D eigenvalue weighted by atomic mass is 15.2. The maximum Gasteiger partial charge on any atom is 0.0683 e. The summed E-state index contributed by atoms with van der Waals surface area (Å²) in [7, 11) is 0. The summed E-state index contributed by atoms with van der Waals surface area (Å²) >= 11 is 0. The monoisotopic (exact) mass is 279 g/mol. The molecule has 1 aliphatic rings. The lowest BCUT2D eigenvalue weighted by Gasteiger charge is -2.39. The molecule has 20 heavy (non-hydrogen) atoms. The Morgan fingerprint density at radius 1 is 1.25 bits per heavy atom. The first-order valence-corrected chi connectivity index (χ1v) is 8.39. The molecule has 2 unspecified atom stereocenters. The molecule has 3 nitrogen and oxygen atoms in total. The van der Waals surface area contributed by atoms with Gasteiger partial charge in [0, 0.05) is 6.04 Å². The van der Waals surface area contributed by atoms with Crippen LogP contribution in [0.15, 0.2) is 0 Å². The minimum atomic E-state index is -0.165. The molecule has 0 aliphatic heterocycles. The van der Waals surface area contributed by atoms with Gasteiger partial charge in [-0.15, -0.1) is 0 Å². The number of nitriles is 1.